The number of hydrogen-bond donors (Lipinski definition) is 3. The van der Waals surface area contributed by atoms with Gasteiger partial charge in [0.15, 0.2) is 0 Å². The van der Waals surface area contributed by atoms with Gasteiger partial charge in [0.25, 0.3) is 0 Å². The fourth-order valence-corrected chi connectivity index (χ4v) is 0.933. The number of nitrogens with two attached hydrogens (primary N) is 2. The molecule has 1 aromatic rings. The van der Waals surface area contributed by atoms with E-state index in [1.54, 1.807) is 12.1 Å². The Balaban J connectivity index is 3.11. The average molecular weight is 181 g/mol. The second-order valence-corrected chi connectivity index (χ2v) is 2.44. The second kappa shape index (κ2) is 3.77. The highest BCUT2D eigenvalue weighted by Gasteiger charge is 2.09. The van der Waals surface area contributed by atoms with Gasteiger partial charge in [-0.3, -0.25) is 5.84 Å². The Morgan fingerprint density at radius 1 is 1.54 bits per heavy atom. The van der Waals surface area contributed by atoms with Gasteiger partial charge in [0, 0.05) is 11.4 Å². The maximum absolute atomic E-state index is 11.1. The van der Waals surface area contributed by atoms with Gasteiger partial charge in [-0.15, -0.1) is 0 Å². The van der Waals surface area contributed by atoms with Gasteiger partial charge in [0.2, 0.25) is 0 Å². The summed E-state index contributed by atoms with van der Waals surface area (Å²) in [4.78, 5) is 11.1. The molecule has 0 saturated carbocycles. The van der Waals surface area contributed by atoms with E-state index >= 15 is 0 Å². The largest absolute Gasteiger partial charge is 0.465 e. The van der Waals surface area contributed by atoms with Crippen LogP contribution in [0.4, 0.5) is 11.4 Å². The number of esters is 1. The van der Waals surface area contributed by atoms with Crippen LogP contribution in [0.2, 0.25) is 0 Å². The molecule has 5 heteroatoms. The molecule has 0 atom stereocenters. The number of anilines is 2. The number of rotatable bonds is 2. The van der Waals surface area contributed by atoms with Crippen molar-refractivity contribution in [2.45, 2.75) is 0 Å². The molecule has 1 rings (SSSR count). The number of nitrogen functional groups attached to an aromatic ring is 2. The molecule has 0 bridgehead atoms. The Morgan fingerprint density at radius 3 is 2.77 bits per heavy atom. The van der Waals surface area contributed by atoms with Crippen LogP contribution in [0.15, 0.2) is 18.2 Å². The smallest absolute Gasteiger partial charge is 0.340 e. The molecule has 0 saturated heterocycles. The normalized spacial score (nSPS) is 9.38. The van der Waals surface area contributed by atoms with Crippen molar-refractivity contribution in [1.82, 2.24) is 0 Å². The van der Waals surface area contributed by atoms with Crippen molar-refractivity contribution in [3.8, 4) is 0 Å². The minimum absolute atomic E-state index is 0.304. The minimum atomic E-state index is -0.477. The van der Waals surface area contributed by atoms with Gasteiger partial charge in [0.1, 0.15) is 0 Å². The van der Waals surface area contributed by atoms with Crippen LogP contribution in [0.5, 0.6) is 0 Å². The highest BCUT2D eigenvalue weighted by atomic mass is 16.5. The number of nitrogens with one attached hydrogen (secondary N) is 1. The van der Waals surface area contributed by atoms with E-state index in [9.17, 15) is 4.79 Å². The van der Waals surface area contributed by atoms with Crippen molar-refractivity contribution in [2.75, 3.05) is 18.3 Å². The molecular formula is C8H11N3O2. The number of methoxy groups -OCH3 is 1. The van der Waals surface area contributed by atoms with Crippen LogP contribution in [0.1, 0.15) is 10.4 Å². The molecule has 0 unspecified atom stereocenters. The lowest BCUT2D eigenvalue weighted by atomic mass is 10.1. The van der Waals surface area contributed by atoms with Gasteiger partial charge in [-0.1, -0.05) is 0 Å². The number of hydrogen-bond acceptors (Lipinski definition) is 5. The number of ether oxygens (including phenoxy) is 1. The second-order valence-electron chi connectivity index (χ2n) is 2.44. The highest BCUT2D eigenvalue weighted by Crippen LogP contribution is 2.17. The Morgan fingerprint density at radius 2 is 2.23 bits per heavy atom. The van der Waals surface area contributed by atoms with Crippen LogP contribution in [-0.4, -0.2) is 13.1 Å². The third-order valence-electron chi connectivity index (χ3n) is 1.63. The first-order valence-electron chi connectivity index (χ1n) is 3.63. The summed E-state index contributed by atoms with van der Waals surface area (Å²) in [6.45, 7) is 0. The van der Waals surface area contributed by atoms with Gasteiger partial charge < -0.3 is 15.9 Å². The predicted molar refractivity (Wildman–Crippen MR) is 50.0 cm³/mol. The maximum Gasteiger partial charge on any atom is 0.340 e. The van der Waals surface area contributed by atoms with Crippen LogP contribution in [0.25, 0.3) is 0 Å². The molecule has 0 aromatic heterocycles. The van der Waals surface area contributed by atoms with Crippen LogP contribution >= 0.6 is 0 Å². The molecule has 1 aromatic carbocycles. The molecule has 0 aliphatic heterocycles. The molecular weight excluding hydrogens is 170 g/mol. The molecule has 0 amide bonds. The topological polar surface area (TPSA) is 90.4 Å². The van der Waals surface area contributed by atoms with Gasteiger partial charge >= 0.3 is 5.97 Å². The van der Waals surface area contributed by atoms with Crippen molar-refractivity contribution >= 4 is 17.3 Å². The number of carbonyl (C=O) groups is 1. The Bertz CT molecular complexity index is 325. The van der Waals surface area contributed by atoms with E-state index in [2.05, 4.69) is 10.2 Å². The van der Waals surface area contributed by atoms with Crippen molar-refractivity contribution in [3.05, 3.63) is 23.8 Å². The summed E-state index contributed by atoms with van der Waals surface area (Å²) in [5.41, 5.74) is 9.24. The van der Waals surface area contributed by atoms with E-state index in [0.29, 0.717) is 16.9 Å². The number of carbonyl (C=O) groups excluding carboxylic acids is 1. The molecule has 70 valence electrons. The van der Waals surface area contributed by atoms with Crippen molar-refractivity contribution in [1.29, 1.82) is 0 Å². The van der Waals surface area contributed by atoms with E-state index in [0.717, 1.165) is 0 Å². The third-order valence-corrected chi connectivity index (χ3v) is 1.63. The molecule has 0 spiro atoms. The molecule has 0 aliphatic rings. The van der Waals surface area contributed by atoms with Gasteiger partial charge in [-0.05, 0) is 18.2 Å². The fraction of sp³-hybridized carbons (Fsp3) is 0.125. The van der Waals surface area contributed by atoms with E-state index in [1.807, 2.05) is 0 Å². The highest BCUT2D eigenvalue weighted by molar-refractivity contribution is 5.96. The lowest BCUT2D eigenvalue weighted by Gasteiger charge is -2.05. The molecule has 5 nitrogen and oxygen atoms in total. The summed E-state index contributed by atoms with van der Waals surface area (Å²) in [7, 11) is 1.30. The summed E-state index contributed by atoms with van der Waals surface area (Å²) in [6.07, 6.45) is 0. The van der Waals surface area contributed by atoms with Crippen LogP contribution < -0.4 is 17.0 Å². The quantitative estimate of drug-likeness (QED) is 0.265. The zero-order valence-corrected chi connectivity index (χ0v) is 7.20. The number of hydrazine groups is 1. The van der Waals surface area contributed by atoms with E-state index in [4.69, 9.17) is 11.6 Å². The van der Waals surface area contributed by atoms with E-state index in [1.165, 1.54) is 13.2 Å². The zero-order chi connectivity index (χ0) is 9.84. The van der Waals surface area contributed by atoms with Crippen LogP contribution in [-0.2, 0) is 4.74 Å². The number of benzene rings is 1. The molecule has 13 heavy (non-hydrogen) atoms. The molecule has 0 fully saturated rings. The first-order chi connectivity index (χ1) is 6.19. The summed E-state index contributed by atoms with van der Waals surface area (Å²) in [6, 6.07) is 4.78. The van der Waals surface area contributed by atoms with Crippen LogP contribution in [0.3, 0.4) is 0 Å². The Hall–Kier alpha value is -1.75. The lowest BCUT2D eigenvalue weighted by Crippen LogP contribution is -2.10. The summed E-state index contributed by atoms with van der Waals surface area (Å²) in [5, 5.41) is 0. The van der Waals surface area contributed by atoms with Crippen molar-refractivity contribution in [3.63, 3.8) is 0 Å². The first-order valence-corrected chi connectivity index (χ1v) is 3.63. The molecule has 0 radical (unpaired) electrons. The Kier molecular flexibility index (Phi) is 2.71. The third kappa shape index (κ3) is 1.88. The standard InChI is InChI=1S/C8H11N3O2/c1-13-8(12)6-4-5(11-10)2-3-7(6)9/h2-4,11H,9-10H2,1H3. The van der Waals surface area contributed by atoms with Gasteiger partial charge in [-0.25, -0.2) is 4.79 Å². The summed E-state index contributed by atoms with van der Waals surface area (Å²) >= 11 is 0. The maximum atomic E-state index is 11.1. The predicted octanol–water partition coefficient (Wildman–Crippen LogP) is 0.341. The molecule has 0 heterocycles. The Labute approximate surface area is 75.6 Å². The SMILES string of the molecule is COC(=O)c1cc(NN)ccc1N. The van der Waals surface area contributed by atoms with Crippen molar-refractivity contribution < 1.29 is 9.53 Å². The lowest BCUT2D eigenvalue weighted by molar-refractivity contribution is 0.0602. The van der Waals surface area contributed by atoms with Crippen molar-refractivity contribution in [2.24, 2.45) is 5.84 Å². The fourth-order valence-electron chi connectivity index (χ4n) is 0.933. The van der Waals surface area contributed by atoms with E-state index in [-0.39, 0.29) is 0 Å². The summed E-state index contributed by atoms with van der Waals surface area (Å²) in [5.74, 6) is 4.69. The zero-order valence-electron chi connectivity index (χ0n) is 7.20. The van der Waals surface area contributed by atoms with Gasteiger partial charge in [-0.2, -0.15) is 0 Å². The van der Waals surface area contributed by atoms with E-state index < -0.39 is 5.97 Å². The average Bonchev–Trinajstić information content (AvgIpc) is 2.17. The monoisotopic (exact) mass is 181 g/mol. The van der Waals surface area contributed by atoms with Crippen LogP contribution in [0, 0.1) is 0 Å². The molecule has 5 N–H and O–H groups in total. The molecule has 0 aliphatic carbocycles. The van der Waals surface area contributed by atoms with Gasteiger partial charge in [0.05, 0.1) is 12.7 Å². The summed E-state index contributed by atoms with van der Waals surface area (Å²) < 4.78 is 4.53. The minimum Gasteiger partial charge on any atom is -0.465 e. The first kappa shape index (κ1) is 9.34.